The van der Waals surface area contributed by atoms with Gasteiger partial charge in [0, 0.05) is 16.7 Å². The fourth-order valence-electron chi connectivity index (χ4n) is 3.02. The van der Waals surface area contributed by atoms with E-state index >= 15 is 0 Å². The molecule has 2 N–H and O–H groups in total. The van der Waals surface area contributed by atoms with Crippen LogP contribution in [0.2, 0.25) is 5.02 Å². The summed E-state index contributed by atoms with van der Waals surface area (Å²) in [5.74, 6) is -0.0172. The second-order valence-electron chi connectivity index (χ2n) is 6.58. The van der Waals surface area contributed by atoms with Crippen LogP contribution in [0.15, 0.2) is 71.8 Å². The molecule has 31 heavy (non-hydrogen) atoms. The predicted octanol–water partition coefficient (Wildman–Crippen LogP) is 5.67. The molecule has 9 heteroatoms. The number of amides is 1. The Bertz CT molecular complexity index is 1300. The maximum Gasteiger partial charge on any atom is 0.417 e. The molecule has 0 radical (unpaired) electrons. The van der Waals surface area contributed by atoms with Gasteiger partial charge in [-0.2, -0.15) is 18.3 Å². The van der Waals surface area contributed by atoms with Crippen molar-refractivity contribution in [1.82, 2.24) is 15.4 Å². The van der Waals surface area contributed by atoms with Crippen LogP contribution in [0.4, 0.5) is 13.2 Å². The van der Waals surface area contributed by atoms with Crippen molar-refractivity contribution in [3.05, 3.63) is 88.4 Å². The maximum absolute atomic E-state index is 13.0. The minimum atomic E-state index is -4.52. The third-order valence-corrected chi connectivity index (χ3v) is 4.84. The number of nitrogens with one attached hydrogen (secondary N) is 2. The van der Waals surface area contributed by atoms with E-state index in [1.165, 1.54) is 18.2 Å². The summed E-state index contributed by atoms with van der Waals surface area (Å²) in [7, 11) is 0. The highest BCUT2D eigenvalue weighted by Gasteiger charge is 2.32. The molecule has 0 spiro atoms. The van der Waals surface area contributed by atoms with Crippen molar-refractivity contribution in [3.8, 4) is 11.4 Å². The number of carbonyl (C=O) groups excluding carboxylic acids is 1. The molecular formula is C22H14ClF3N4O. The van der Waals surface area contributed by atoms with Crippen molar-refractivity contribution < 1.29 is 18.0 Å². The number of carbonyl (C=O) groups is 1. The summed E-state index contributed by atoms with van der Waals surface area (Å²) in [6.07, 6.45) is -3.55. The normalized spacial score (nSPS) is 11.9. The first-order valence-electron chi connectivity index (χ1n) is 9.07. The Balaban J connectivity index is 1.54. The SMILES string of the molecule is O=C(N/N=C/c1ccccc1C(F)(F)F)c1ccc2nc(-c3ccccc3Cl)[nH]c2c1. The van der Waals surface area contributed by atoms with E-state index in [0.29, 0.717) is 21.9 Å². The van der Waals surface area contributed by atoms with Crippen molar-refractivity contribution in [1.29, 1.82) is 0 Å². The number of hydrazone groups is 1. The fourth-order valence-corrected chi connectivity index (χ4v) is 3.25. The number of hydrogen-bond donors (Lipinski definition) is 2. The zero-order valence-corrected chi connectivity index (χ0v) is 16.5. The van der Waals surface area contributed by atoms with Gasteiger partial charge in [0.2, 0.25) is 0 Å². The number of halogens is 4. The summed E-state index contributed by atoms with van der Waals surface area (Å²) in [4.78, 5) is 20.0. The quantitative estimate of drug-likeness (QED) is 0.316. The van der Waals surface area contributed by atoms with Gasteiger partial charge in [-0.15, -0.1) is 0 Å². The standard InChI is InChI=1S/C22H14ClF3N4O/c23-17-8-4-2-6-15(17)20-28-18-10-9-13(11-19(18)29-20)21(31)30-27-12-14-5-1-3-7-16(14)22(24,25)26/h1-12H,(H,28,29)(H,30,31)/b27-12+. The number of nitrogens with zero attached hydrogens (tertiary/aromatic N) is 2. The Morgan fingerprint density at radius 3 is 2.58 bits per heavy atom. The summed E-state index contributed by atoms with van der Waals surface area (Å²) in [6, 6.07) is 17.0. The molecule has 3 aromatic carbocycles. The Hall–Kier alpha value is -3.65. The summed E-state index contributed by atoms with van der Waals surface area (Å²) in [5, 5.41) is 4.20. The summed E-state index contributed by atoms with van der Waals surface area (Å²) >= 11 is 6.20. The molecule has 1 aromatic heterocycles. The van der Waals surface area contributed by atoms with Gasteiger partial charge in [0.25, 0.3) is 5.91 Å². The molecule has 0 aliphatic heterocycles. The van der Waals surface area contributed by atoms with E-state index in [-0.39, 0.29) is 11.1 Å². The summed E-state index contributed by atoms with van der Waals surface area (Å²) in [6.45, 7) is 0. The summed E-state index contributed by atoms with van der Waals surface area (Å²) in [5.41, 5.74) is 3.49. The first-order chi connectivity index (χ1) is 14.8. The van der Waals surface area contributed by atoms with Crippen molar-refractivity contribution in [2.24, 2.45) is 5.10 Å². The van der Waals surface area contributed by atoms with E-state index in [9.17, 15) is 18.0 Å². The third-order valence-electron chi connectivity index (χ3n) is 4.51. The molecule has 1 amide bonds. The van der Waals surface area contributed by atoms with Gasteiger partial charge in [0.1, 0.15) is 5.82 Å². The minimum Gasteiger partial charge on any atom is -0.338 e. The molecule has 0 atom stereocenters. The van der Waals surface area contributed by atoms with Gasteiger partial charge >= 0.3 is 6.18 Å². The first kappa shape index (κ1) is 20.6. The van der Waals surface area contributed by atoms with Crippen molar-refractivity contribution in [2.45, 2.75) is 6.18 Å². The highest BCUT2D eigenvalue weighted by atomic mass is 35.5. The fraction of sp³-hybridized carbons (Fsp3) is 0.0455. The molecule has 4 rings (SSSR count). The maximum atomic E-state index is 13.0. The molecular weight excluding hydrogens is 429 g/mol. The predicted molar refractivity (Wildman–Crippen MR) is 113 cm³/mol. The average molecular weight is 443 g/mol. The molecule has 0 unspecified atom stereocenters. The molecule has 0 aliphatic rings. The second kappa shape index (κ2) is 8.23. The van der Waals surface area contributed by atoms with E-state index in [1.807, 2.05) is 18.2 Å². The third kappa shape index (κ3) is 4.44. The van der Waals surface area contributed by atoms with Crippen LogP contribution in [-0.2, 0) is 6.18 Å². The van der Waals surface area contributed by atoms with E-state index in [1.54, 1.807) is 24.3 Å². The number of H-pyrrole nitrogens is 1. The number of alkyl halides is 3. The largest absolute Gasteiger partial charge is 0.417 e. The molecule has 156 valence electrons. The number of aromatic nitrogens is 2. The lowest BCUT2D eigenvalue weighted by atomic mass is 10.1. The van der Waals surface area contributed by atoms with Gasteiger partial charge in [-0.25, -0.2) is 10.4 Å². The first-order valence-corrected chi connectivity index (χ1v) is 9.45. The van der Waals surface area contributed by atoms with Gasteiger partial charge in [-0.05, 0) is 36.4 Å². The molecule has 4 aromatic rings. The lowest BCUT2D eigenvalue weighted by Crippen LogP contribution is -2.18. The molecule has 0 bridgehead atoms. The average Bonchev–Trinajstić information content (AvgIpc) is 3.16. The van der Waals surface area contributed by atoms with Gasteiger partial charge in [0.15, 0.2) is 0 Å². The van der Waals surface area contributed by atoms with Gasteiger partial charge in [-0.3, -0.25) is 4.79 Å². The smallest absolute Gasteiger partial charge is 0.338 e. The number of benzene rings is 3. The number of fused-ring (bicyclic) bond motifs is 1. The zero-order chi connectivity index (χ0) is 22.0. The Morgan fingerprint density at radius 2 is 1.81 bits per heavy atom. The van der Waals surface area contributed by atoms with E-state index < -0.39 is 17.6 Å². The molecule has 0 saturated heterocycles. The minimum absolute atomic E-state index is 0.149. The van der Waals surface area contributed by atoms with Crippen LogP contribution in [-0.4, -0.2) is 22.1 Å². The Kier molecular flexibility index (Phi) is 5.48. The Morgan fingerprint density at radius 1 is 1.06 bits per heavy atom. The van der Waals surface area contributed by atoms with Crippen LogP contribution in [0.25, 0.3) is 22.4 Å². The number of aromatic amines is 1. The molecule has 0 fully saturated rings. The highest BCUT2D eigenvalue weighted by Crippen LogP contribution is 2.31. The van der Waals surface area contributed by atoms with Crippen molar-refractivity contribution >= 4 is 34.8 Å². The van der Waals surface area contributed by atoms with Crippen LogP contribution in [0.5, 0.6) is 0 Å². The van der Waals surface area contributed by atoms with E-state index in [0.717, 1.165) is 17.8 Å². The highest BCUT2D eigenvalue weighted by molar-refractivity contribution is 6.33. The van der Waals surface area contributed by atoms with Gasteiger partial charge in [-0.1, -0.05) is 41.9 Å². The topological polar surface area (TPSA) is 70.1 Å². The lowest BCUT2D eigenvalue weighted by Gasteiger charge is -2.09. The molecule has 1 heterocycles. The lowest BCUT2D eigenvalue weighted by molar-refractivity contribution is -0.137. The van der Waals surface area contributed by atoms with Crippen LogP contribution >= 0.6 is 11.6 Å². The van der Waals surface area contributed by atoms with Gasteiger partial charge < -0.3 is 4.98 Å². The number of rotatable bonds is 4. The molecule has 5 nitrogen and oxygen atoms in total. The van der Waals surface area contributed by atoms with Gasteiger partial charge in [0.05, 0.1) is 27.8 Å². The van der Waals surface area contributed by atoms with Crippen LogP contribution in [0.3, 0.4) is 0 Å². The van der Waals surface area contributed by atoms with Crippen molar-refractivity contribution in [3.63, 3.8) is 0 Å². The van der Waals surface area contributed by atoms with Crippen LogP contribution in [0.1, 0.15) is 21.5 Å². The van der Waals surface area contributed by atoms with Crippen LogP contribution < -0.4 is 5.43 Å². The van der Waals surface area contributed by atoms with E-state index in [2.05, 4.69) is 20.5 Å². The number of imidazole rings is 1. The number of hydrogen-bond acceptors (Lipinski definition) is 3. The van der Waals surface area contributed by atoms with E-state index in [4.69, 9.17) is 11.6 Å². The Labute approximate surface area is 179 Å². The summed E-state index contributed by atoms with van der Waals surface area (Å²) < 4.78 is 39.1. The van der Waals surface area contributed by atoms with Crippen molar-refractivity contribution in [2.75, 3.05) is 0 Å². The zero-order valence-electron chi connectivity index (χ0n) is 15.7. The molecule has 0 aliphatic carbocycles. The van der Waals surface area contributed by atoms with Crippen LogP contribution in [0, 0.1) is 0 Å². The monoisotopic (exact) mass is 442 g/mol. The molecule has 0 saturated carbocycles. The second-order valence-corrected chi connectivity index (χ2v) is 6.99.